The molecule has 8 heavy (non-hydrogen) atoms. The van der Waals surface area contributed by atoms with Crippen molar-refractivity contribution in [3.8, 4) is 0 Å². The van der Waals surface area contributed by atoms with Crippen LogP contribution in [-0.2, 0) is 0 Å². The third-order valence-electron chi connectivity index (χ3n) is 0.979. The van der Waals surface area contributed by atoms with Gasteiger partial charge in [-0.15, -0.1) is 0 Å². The quantitative estimate of drug-likeness (QED) is 0.569. The summed E-state index contributed by atoms with van der Waals surface area (Å²) in [4.78, 5) is 8.62. The van der Waals surface area contributed by atoms with Gasteiger partial charge in [-0.1, -0.05) is 0 Å². The zero-order chi connectivity index (χ0) is 5.40. The first-order valence-electron chi connectivity index (χ1n) is 2.22. The van der Waals surface area contributed by atoms with E-state index in [1.165, 1.54) is 10.2 Å². The van der Waals surface area contributed by atoms with Gasteiger partial charge in [0.05, 0.1) is 0 Å². The molecule has 2 heterocycles. The van der Waals surface area contributed by atoms with Crippen LogP contribution in [0, 0.1) is 0 Å². The molecule has 0 spiro atoms. The molecule has 1 nitrogen and oxygen atoms in total. The van der Waals surface area contributed by atoms with Gasteiger partial charge in [0.25, 0.3) is 0 Å². The van der Waals surface area contributed by atoms with Crippen molar-refractivity contribution in [1.29, 1.82) is 0 Å². The van der Waals surface area contributed by atoms with E-state index in [2.05, 4.69) is 14.9 Å². The second-order valence-corrected chi connectivity index (χ2v) is 3.92. The summed E-state index contributed by atoms with van der Waals surface area (Å²) in [5, 5.41) is 0. The number of thiazole rings is 1. The number of hydrogen-bond donors (Lipinski definition) is 0. The fourth-order valence-electron chi connectivity index (χ4n) is 0.601. The fourth-order valence-corrected chi connectivity index (χ4v) is 3.30. The Labute approximate surface area is 56.7 Å². The van der Waals surface area contributed by atoms with Gasteiger partial charge in [0.15, 0.2) is 0 Å². The van der Waals surface area contributed by atoms with Crippen molar-refractivity contribution in [2.75, 3.05) is 0 Å². The van der Waals surface area contributed by atoms with Crippen molar-refractivity contribution in [2.24, 2.45) is 0 Å². The maximum absolute atomic E-state index is 4.14. The fraction of sp³-hybridized carbons (Fsp3) is 0. The van der Waals surface area contributed by atoms with Gasteiger partial charge in [-0.05, 0) is 0 Å². The third-order valence-corrected chi connectivity index (χ3v) is 3.64. The van der Waals surface area contributed by atoms with E-state index in [0.717, 1.165) is 0 Å². The van der Waals surface area contributed by atoms with Crippen molar-refractivity contribution in [3.05, 3.63) is 15.4 Å². The molecule has 0 unspecified atom stereocenters. The van der Waals surface area contributed by atoms with Crippen molar-refractivity contribution >= 4 is 36.1 Å². The molecular weight excluding hydrogens is 185 g/mol. The molecule has 0 saturated carbocycles. The SMILES string of the molecule is c1nc2c[se]cc2s1. The zero-order valence-corrected chi connectivity index (χ0v) is 6.53. The molecule has 0 amide bonds. The molecule has 0 atom stereocenters. The van der Waals surface area contributed by atoms with Gasteiger partial charge in [-0.3, -0.25) is 0 Å². The van der Waals surface area contributed by atoms with Crippen LogP contribution < -0.4 is 0 Å². The Morgan fingerprint density at radius 1 is 1.50 bits per heavy atom. The summed E-state index contributed by atoms with van der Waals surface area (Å²) in [6.07, 6.45) is 0. The number of rotatable bonds is 0. The van der Waals surface area contributed by atoms with E-state index in [1.807, 2.05) is 5.51 Å². The average Bonchev–Trinajstić information content (AvgIpc) is 2.15. The monoisotopic (exact) mass is 189 g/mol. The first kappa shape index (κ1) is 4.74. The van der Waals surface area contributed by atoms with Gasteiger partial charge in [0.2, 0.25) is 0 Å². The summed E-state index contributed by atoms with van der Waals surface area (Å²) in [5.41, 5.74) is 3.10. The Bertz CT molecular complexity index is 234. The normalized spacial score (nSPS) is 10.5. The van der Waals surface area contributed by atoms with Gasteiger partial charge < -0.3 is 0 Å². The van der Waals surface area contributed by atoms with Crippen LogP contribution in [0.3, 0.4) is 0 Å². The summed E-state index contributed by atoms with van der Waals surface area (Å²) in [6.45, 7) is 0. The molecule has 0 aliphatic rings. The number of fused-ring (bicyclic) bond motifs is 1. The second kappa shape index (κ2) is 1.69. The van der Waals surface area contributed by atoms with Gasteiger partial charge in [-0.2, -0.15) is 0 Å². The minimum atomic E-state index is 0.607. The van der Waals surface area contributed by atoms with Crippen LogP contribution in [0.2, 0.25) is 0 Å². The predicted octanol–water partition coefficient (Wildman–Crippen LogP) is 1.35. The molecule has 2 rings (SSSR count). The van der Waals surface area contributed by atoms with Crippen LogP contribution >= 0.6 is 11.3 Å². The van der Waals surface area contributed by atoms with Crippen LogP contribution in [0.4, 0.5) is 0 Å². The summed E-state index contributed by atoms with van der Waals surface area (Å²) in [7, 11) is 0. The Morgan fingerprint density at radius 3 is 3.38 bits per heavy atom. The molecule has 0 aliphatic carbocycles. The van der Waals surface area contributed by atoms with E-state index in [4.69, 9.17) is 0 Å². The van der Waals surface area contributed by atoms with Crippen molar-refractivity contribution in [3.63, 3.8) is 0 Å². The van der Waals surface area contributed by atoms with E-state index < -0.39 is 0 Å². The molecule has 0 saturated heterocycles. The summed E-state index contributed by atoms with van der Waals surface area (Å²) in [6, 6.07) is 0. The van der Waals surface area contributed by atoms with Crippen molar-refractivity contribution < 1.29 is 0 Å². The van der Waals surface area contributed by atoms with E-state index in [1.54, 1.807) is 11.3 Å². The third kappa shape index (κ3) is 0.558. The number of hydrogen-bond acceptors (Lipinski definition) is 2. The number of nitrogens with zero attached hydrogens (tertiary/aromatic N) is 1. The van der Waals surface area contributed by atoms with Gasteiger partial charge in [-0.25, -0.2) is 0 Å². The van der Waals surface area contributed by atoms with Crippen LogP contribution in [-0.4, -0.2) is 19.5 Å². The maximum atomic E-state index is 4.14. The molecule has 0 aliphatic heterocycles. The van der Waals surface area contributed by atoms with Crippen molar-refractivity contribution in [1.82, 2.24) is 4.98 Å². The van der Waals surface area contributed by atoms with Gasteiger partial charge in [0.1, 0.15) is 0 Å². The summed E-state index contributed by atoms with van der Waals surface area (Å²) >= 11 is 2.34. The summed E-state index contributed by atoms with van der Waals surface area (Å²) < 4.78 is 1.37. The van der Waals surface area contributed by atoms with Crippen LogP contribution in [0.25, 0.3) is 10.2 Å². The molecule has 0 aromatic carbocycles. The van der Waals surface area contributed by atoms with Crippen LogP contribution in [0.1, 0.15) is 0 Å². The summed E-state index contributed by atoms with van der Waals surface area (Å²) in [5.74, 6) is 0. The van der Waals surface area contributed by atoms with E-state index in [0.29, 0.717) is 14.5 Å². The number of aromatic nitrogens is 1. The van der Waals surface area contributed by atoms with Crippen LogP contribution in [0.15, 0.2) is 15.4 Å². The van der Waals surface area contributed by atoms with E-state index >= 15 is 0 Å². The molecule has 0 bridgehead atoms. The average molecular weight is 188 g/mol. The molecule has 0 N–H and O–H groups in total. The zero-order valence-electron chi connectivity index (χ0n) is 4.00. The Balaban J connectivity index is 3.06. The van der Waals surface area contributed by atoms with Gasteiger partial charge >= 0.3 is 56.4 Å². The molecule has 2 aromatic heterocycles. The molecule has 2 aromatic rings. The Hall–Kier alpha value is -0.111. The predicted molar refractivity (Wildman–Crippen MR) is 36.6 cm³/mol. The van der Waals surface area contributed by atoms with Crippen LogP contribution in [0.5, 0.6) is 0 Å². The topological polar surface area (TPSA) is 12.9 Å². The molecule has 40 valence electrons. The van der Waals surface area contributed by atoms with E-state index in [-0.39, 0.29) is 0 Å². The Morgan fingerprint density at radius 2 is 2.50 bits per heavy atom. The van der Waals surface area contributed by atoms with E-state index in [9.17, 15) is 0 Å². The first-order valence-corrected chi connectivity index (χ1v) is 5.08. The minimum absolute atomic E-state index is 0.607. The second-order valence-electron chi connectivity index (χ2n) is 1.47. The molecule has 0 radical (unpaired) electrons. The standard InChI is InChI=1S/C5H3NSSe/c1-4-5(2-8-1)7-3-6-4/h1-3H. The molecule has 0 fully saturated rings. The Kier molecular flexibility index (Phi) is 1.00. The molecule has 3 heteroatoms. The first-order chi connectivity index (χ1) is 3.97. The van der Waals surface area contributed by atoms with Crippen molar-refractivity contribution in [2.45, 2.75) is 0 Å². The van der Waals surface area contributed by atoms with Gasteiger partial charge in [0, 0.05) is 0 Å². The molecular formula is C5H3NSSe.